The fourth-order valence-corrected chi connectivity index (χ4v) is 4.59. The van der Waals surface area contributed by atoms with Crippen molar-refractivity contribution in [2.45, 2.75) is 6.54 Å². The molecular formula is C23H27N4OS+. The Morgan fingerprint density at radius 2 is 1.76 bits per heavy atom. The molecule has 0 spiro atoms. The van der Waals surface area contributed by atoms with E-state index in [0.29, 0.717) is 4.91 Å². The van der Waals surface area contributed by atoms with Crippen LogP contribution >= 0.6 is 11.8 Å². The highest BCUT2D eigenvalue weighted by Crippen LogP contribution is 2.30. The SMILES string of the molecule is CN(C)c1ccc(/C=C2\SC(N3CC[NH+](Cc4ccccc4)CC3)=NC2=O)cc1. The van der Waals surface area contributed by atoms with Gasteiger partial charge in [0.15, 0.2) is 5.17 Å². The van der Waals surface area contributed by atoms with Crippen molar-refractivity contribution in [1.29, 1.82) is 0 Å². The number of carbonyl (C=O) groups is 1. The summed E-state index contributed by atoms with van der Waals surface area (Å²) in [7, 11) is 4.04. The molecule has 2 aromatic rings. The Labute approximate surface area is 176 Å². The second-order valence-corrected chi connectivity index (χ2v) is 8.70. The molecule has 150 valence electrons. The van der Waals surface area contributed by atoms with Crippen LogP contribution in [0.25, 0.3) is 6.08 Å². The number of amides is 1. The molecule has 0 saturated carbocycles. The largest absolute Gasteiger partial charge is 0.378 e. The number of rotatable bonds is 4. The average Bonchev–Trinajstić information content (AvgIpc) is 3.10. The molecule has 0 aromatic heterocycles. The molecule has 1 amide bonds. The fraction of sp³-hybridized carbons (Fsp3) is 0.304. The number of piperazine rings is 1. The summed E-state index contributed by atoms with van der Waals surface area (Å²) in [5.74, 6) is -0.124. The summed E-state index contributed by atoms with van der Waals surface area (Å²) < 4.78 is 0. The topological polar surface area (TPSA) is 40.4 Å². The predicted molar refractivity (Wildman–Crippen MR) is 121 cm³/mol. The van der Waals surface area contributed by atoms with Crippen molar-refractivity contribution in [3.63, 3.8) is 0 Å². The summed E-state index contributed by atoms with van der Waals surface area (Å²) in [6.45, 7) is 5.06. The fourth-order valence-electron chi connectivity index (χ4n) is 3.63. The molecule has 29 heavy (non-hydrogen) atoms. The molecule has 0 unspecified atom stereocenters. The van der Waals surface area contributed by atoms with E-state index < -0.39 is 0 Å². The summed E-state index contributed by atoms with van der Waals surface area (Å²) in [4.78, 5) is 23.3. The lowest BCUT2D eigenvalue weighted by Crippen LogP contribution is -3.13. The van der Waals surface area contributed by atoms with Crippen LogP contribution in [0.3, 0.4) is 0 Å². The molecule has 2 heterocycles. The van der Waals surface area contributed by atoms with Crippen LogP contribution in [0.4, 0.5) is 5.69 Å². The molecule has 0 bridgehead atoms. The zero-order valence-corrected chi connectivity index (χ0v) is 17.8. The van der Waals surface area contributed by atoms with Gasteiger partial charge in [0, 0.05) is 25.3 Å². The minimum absolute atomic E-state index is 0.124. The Kier molecular flexibility index (Phi) is 6.02. The first kappa shape index (κ1) is 19.7. The van der Waals surface area contributed by atoms with E-state index in [4.69, 9.17) is 0 Å². The smallest absolute Gasteiger partial charge is 0.286 e. The first-order valence-electron chi connectivity index (χ1n) is 10.0. The van der Waals surface area contributed by atoms with E-state index in [1.54, 1.807) is 4.90 Å². The van der Waals surface area contributed by atoms with E-state index in [0.717, 1.165) is 49.1 Å². The Morgan fingerprint density at radius 3 is 2.41 bits per heavy atom. The van der Waals surface area contributed by atoms with Gasteiger partial charge in [-0.05, 0) is 35.5 Å². The lowest BCUT2D eigenvalue weighted by molar-refractivity contribution is -0.917. The zero-order chi connectivity index (χ0) is 20.2. The molecule has 0 radical (unpaired) electrons. The minimum Gasteiger partial charge on any atom is -0.378 e. The van der Waals surface area contributed by atoms with Gasteiger partial charge in [-0.25, -0.2) is 0 Å². The van der Waals surface area contributed by atoms with E-state index in [1.807, 2.05) is 32.3 Å². The second-order valence-electron chi connectivity index (χ2n) is 7.70. The van der Waals surface area contributed by atoms with E-state index in [2.05, 4.69) is 57.3 Å². The summed E-state index contributed by atoms with van der Waals surface area (Å²) in [5, 5.41) is 0.852. The lowest BCUT2D eigenvalue weighted by atomic mass is 10.2. The molecule has 2 aliphatic rings. The van der Waals surface area contributed by atoms with Crippen molar-refractivity contribution >= 4 is 34.6 Å². The number of aliphatic imine (C=N–C) groups is 1. The maximum absolute atomic E-state index is 12.4. The minimum atomic E-state index is -0.124. The first-order valence-corrected chi connectivity index (χ1v) is 10.8. The standard InChI is InChI=1S/C23H26N4OS/c1-25(2)20-10-8-18(9-11-20)16-21-22(28)24-23(29-21)27-14-12-26(13-15-27)17-19-6-4-3-5-7-19/h3-11,16H,12-15,17H2,1-2H3/p+1/b21-16-. The van der Waals surface area contributed by atoms with E-state index in [1.165, 1.54) is 17.3 Å². The molecule has 1 N–H and O–H groups in total. The summed E-state index contributed by atoms with van der Waals surface area (Å²) in [5.41, 5.74) is 3.55. The Balaban J connectivity index is 1.34. The van der Waals surface area contributed by atoms with Gasteiger partial charge in [-0.3, -0.25) is 4.79 Å². The van der Waals surface area contributed by atoms with Crippen LogP contribution < -0.4 is 9.80 Å². The number of benzene rings is 2. The summed E-state index contributed by atoms with van der Waals surface area (Å²) in [6.07, 6.45) is 1.94. The summed E-state index contributed by atoms with van der Waals surface area (Å²) >= 11 is 1.50. The third-order valence-corrected chi connectivity index (χ3v) is 6.40. The third kappa shape index (κ3) is 4.89. The number of quaternary nitrogens is 1. The van der Waals surface area contributed by atoms with Gasteiger partial charge in [0.1, 0.15) is 6.54 Å². The van der Waals surface area contributed by atoms with Gasteiger partial charge in [0.2, 0.25) is 0 Å². The normalized spacial score (nSPS) is 19.0. The van der Waals surface area contributed by atoms with Gasteiger partial charge in [-0.1, -0.05) is 42.5 Å². The van der Waals surface area contributed by atoms with E-state index >= 15 is 0 Å². The number of nitrogens with zero attached hydrogens (tertiary/aromatic N) is 3. The molecule has 5 nitrogen and oxygen atoms in total. The van der Waals surface area contributed by atoms with Crippen molar-refractivity contribution in [3.8, 4) is 0 Å². The third-order valence-electron chi connectivity index (χ3n) is 5.35. The quantitative estimate of drug-likeness (QED) is 0.789. The second kappa shape index (κ2) is 8.84. The van der Waals surface area contributed by atoms with Gasteiger partial charge < -0.3 is 14.7 Å². The van der Waals surface area contributed by atoms with Gasteiger partial charge in [0.25, 0.3) is 5.91 Å². The first-order chi connectivity index (χ1) is 14.1. The van der Waals surface area contributed by atoms with Crippen LogP contribution in [0, 0.1) is 0 Å². The maximum Gasteiger partial charge on any atom is 0.286 e. The van der Waals surface area contributed by atoms with Crippen LogP contribution in [0.15, 0.2) is 64.5 Å². The number of hydrogen-bond donors (Lipinski definition) is 1. The molecule has 0 atom stereocenters. The predicted octanol–water partition coefficient (Wildman–Crippen LogP) is 2.12. The molecular weight excluding hydrogens is 380 g/mol. The molecule has 0 aliphatic carbocycles. The number of hydrogen-bond acceptors (Lipinski definition) is 4. The van der Waals surface area contributed by atoms with Crippen molar-refractivity contribution in [2.75, 3.05) is 45.2 Å². The van der Waals surface area contributed by atoms with Gasteiger partial charge in [0.05, 0.1) is 31.1 Å². The number of nitrogens with one attached hydrogen (secondary N) is 1. The molecule has 2 aliphatic heterocycles. The average molecular weight is 408 g/mol. The zero-order valence-electron chi connectivity index (χ0n) is 17.0. The van der Waals surface area contributed by atoms with Crippen LogP contribution in [-0.2, 0) is 11.3 Å². The number of carbonyl (C=O) groups excluding carboxylic acids is 1. The highest BCUT2D eigenvalue weighted by atomic mass is 32.2. The highest BCUT2D eigenvalue weighted by molar-refractivity contribution is 8.18. The molecule has 2 aromatic carbocycles. The van der Waals surface area contributed by atoms with Crippen molar-refractivity contribution in [3.05, 3.63) is 70.6 Å². The Hall–Kier alpha value is -2.57. The van der Waals surface area contributed by atoms with Gasteiger partial charge >= 0.3 is 0 Å². The number of thioether (sulfide) groups is 1. The van der Waals surface area contributed by atoms with Crippen LogP contribution in [0.2, 0.25) is 0 Å². The van der Waals surface area contributed by atoms with Crippen molar-refractivity contribution < 1.29 is 9.69 Å². The van der Waals surface area contributed by atoms with E-state index in [9.17, 15) is 4.79 Å². The van der Waals surface area contributed by atoms with Crippen LogP contribution in [0.5, 0.6) is 0 Å². The van der Waals surface area contributed by atoms with Crippen LogP contribution in [-0.4, -0.2) is 56.2 Å². The molecule has 1 saturated heterocycles. The van der Waals surface area contributed by atoms with Crippen molar-refractivity contribution in [1.82, 2.24) is 4.90 Å². The molecule has 6 heteroatoms. The number of amidine groups is 1. The lowest BCUT2D eigenvalue weighted by Gasteiger charge is -2.32. The Bertz CT molecular complexity index is 914. The highest BCUT2D eigenvalue weighted by Gasteiger charge is 2.29. The molecule has 1 fully saturated rings. The van der Waals surface area contributed by atoms with Crippen LogP contribution in [0.1, 0.15) is 11.1 Å². The Morgan fingerprint density at radius 1 is 1.07 bits per heavy atom. The van der Waals surface area contributed by atoms with Crippen molar-refractivity contribution in [2.24, 2.45) is 4.99 Å². The maximum atomic E-state index is 12.4. The van der Waals surface area contributed by atoms with Gasteiger partial charge in [-0.15, -0.1) is 0 Å². The number of anilines is 1. The molecule has 4 rings (SSSR count). The monoisotopic (exact) mass is 407 g/mol. The van der Waals surface area contributed by atoms with Gasteiger partial charge in [-0.2, -0.15) is 4.99 Å². The van der Waals surface area contributed by atoms with E-state index in [-0.39, 0.29) is 5.91 Å². The summed E-state index contributed by atoms with van der Waals surface area (Å²) in [6, 6.07) is 18.9.